The topological polar surface area (TPSA) is 63.0 Å². The first-order valence-electron chi connectivity index (χ1n) is 7.00. The van der Waals surface area contributed by atoms with Crippen molar-refractivity contribution in [2.75, 3.05) is 17.2 Å². The average molecular weight is 274 g/mol. The molecule has 20 heavy (non-hydrogen) atoms. The summed E-state index contributed by atoms with van der Waals surface area (Å²) in [6, 6.07) is 5.85. The van der Waals surface area contributed by atoms with E-state index < -0.39 is 0 Å². The average Bonchev–Trinajstić information content (AvgIpc) is 2.82. The van der Waals surface area contributed by atoms with Crippen molar-refractivity contribution in [3.05, 3.63) is 35.5 Å². The molecule has 108 valence electrons. The molecule has 0 aliphatic carbocycles. The van der Waals surface area contributed by atoms with Crippen LogP contribution in [0.15, 0.2) is 22.6 Å². The zero-order valence-electron chi connectivity index (χ0n) is 12.5. The van der Waals surface area contributed by atoms with Crippen LogP contribution in [0.2, 0.25) is 0 Å². The van der Waals surface area contributed by atoms with E-state index in [1.165, 1.54) is 0 Å². The van der Waals surface area contributed by atoms with Gasteiger partial charge in [-0.2, -0.15) is 0 Å². The van der Waals surface area contributed by atoms with E-state index in [0.717, 1.165) is 35.5 Å². The van der Waals surface area contributed by atoms with Gasteiger partial charge in [-0.15, -0.1) is 0 Å². The summed E-state index contributed by atoms with van der Waals surface area (Å²) in [5.41, 5.74) is 0. The Morgan fingerprint density at radius 1 is 1.15 bits per heavy atom. The molecule has 0 radical (unpaired) electrons. The number of aryl methyl sites for hydroxylation is 1. The molecule has 0 aliphatic rings. The van der Waals surface area contributed by atoms with Crippen LogP contribution in [-0.2, 0) is 6.54 Å². The predicted molar refractivity (Wildman–Crippen MR) is 81.1 cm³/mol. The lowest BCUT2D eigenvalue weighted by Gasteiger charge is -2.11. The molecule has 2 aromatic rings. The summed E-state index contributed by atoms with van der Waals surface area (Å²) in [7, 11) is 0. The van der Waals surface area contributed by atoms with Crippen LogP contribution in [-0.4, -0.2) is 16.5 Å². The third-order valence-electron chi connectivity index (χ3n) is 2.86. The van der Waals surface area contributed by atoms with Crippen molar-refractivity contribution >= 4 is 11.6 Å². The van der Waals surface area contributed by atoms with E-state index in [-0.39, 0.29) is 0 Å². The van der Waals surface area contributed by atoms with E-state index in [2.05, 4.69) is 41.4 Å². The van der Waals surface area contributed by atoms with E-state index in [1.54, 1.807) is 0 Å². The molecule has 0 aromatic carbocycles. The fraction of sp³-hybridized carbons (Fsp3) is 0.467. The van der Waals surface area contributed by atoms with Gasteiger partial charge in [0.2, 0.25) is 0 Å². The van der Waals surface area contributed by atoms with Crippen molar-refractivity contribution in [1.29, 1.82) is 0 Å². The van der Waals surface area contributed by atoms with E-state index in [1.807, 2.05) is 25.1 Å². The van der Waals surface area contributed by atoms with Gasteiger partial charge in [0.1, 0.15) is 29.0 Å². The highest BCUT2D eigenvalue weighted by Gasteiger charge is 2.08. The molecule has 2 rings (SSSR count). The predicted octanol–water partition coefficient (Wildman–Crippen LogP) is 3.55. The number of hydrogen-bond donors (Lipinski definition) is 2. The van der Waals surface area contributed by atoms with Crippen LogP contribution < -0.4 is 10.6 Å². The minimum absolute atomic E-state index is 0.292. The van der Waals surface area contributed by atoms with Crippen molar-refractivity contribution in [3.8, 4) is 0 Å². The number of anilines is 2. The van der Waals surface area contributed by atoms with Gasteiger partial charge in [-0.05, 0) is 26.0 Å². The lowest BCUT2D eigenvalue weighted by molar-refractivity contribution is 0.490. The van der Waals surface area contributed by atoms with Crippen molar-refractivity contribution < 1.29 is 4.42 Å². The molecule has 0 unspecified atom stereocenters. The van der Waals surface area contributed by atoms with Crippen LogP contribution in [0.1, 0.15) is 44.0 Å². The molecule has 2 heterocycles. The minimum atomic E-state index is 0.292. The maximum Gasteiger partial charge on any atom is 0.135 e. The Kier molecular flexibility index (Phi) is 4.61. The SMILES string of the molecule is CCNc1cc(NCc2ccc(C)o2)nc(C(C)C)n1. The first-order chi connectivity index (χ1) is 9.58. The summed E-state index contributed by atoms with van der Waals surface area (Å²) in [5.74, 6) is 4.61. The van der Waals surface area contributed by atoms with Crippen LogP contribution in [0.4, 0.5) is 11.6 Å². The fourth-order valence-electron chi connectivity index (χ4n) is 1.84. The minimum Gasteiger partial charge on any atom is -0.465 e. The zero-order valence-corrected chi connectivity index (χ0v) is 12.5. The second-order valence-corrected chi connectivity index (χ2v) is 5.05. The summed E-state index contributed by atoms with van der Waals surface area (Å²) in [6.45, 7) is 9.62. The summed E-state index contributed by atoms with van der Waals surface area (Å²) in [4.78, 5) is 9.03. The van der Waals surface area contributed by atoms with Gasteiger partial charge in [0.05, 0.1) is 6.54 Å². The third-order valence-corrected chi connectivity index (χ3v) is 2.86. The maximum atomic E-state index is 5.54. The van der Waals surface area contributed by atoms with Crippen LogP contribution >= 0.6 is 0 Å². The summed E-state index contributed by atoms with van der Waals surface area (Å²) in [5, 5.41) is 6.51. The highest BCUT2D eigenvalue weighted by atomic mass is 16.3. The normalized spacial score (nSPS) is 10.8. The van der Waals surface area contributed by atoms with Gasteiger partial charge in [0, 0.05) is 18.5 Å². The van der Waals surface area contributed by atoms with E-state index >= 15 is 0 Å². The smallest absolute Gasteiger partial charge is 0.135 e. The van der Waals surface area contributed by atoms with Crippen LogP contribution in [0.5, 0.6) is 0 Å². The summed E-state index contributed by atoms with van der Waals surface area (Å²) < 4.78 is 5.54. The largest absolute Gasteiger partial charge is 0.465 e. The molecule has 0 atom stereocenters. The molecule has 0 spiro atoms. The Balaban J connectivity index is 2.13. The molecule has 0 saturated carbocycles. The molecule has 0 saturated heterocycles. The molecule has 0 bridgehead atoms. The second kappa shape index (κ2) is 6.41. The van der Waals surface area contributed by atoms with Gasteiger partial charge < -0.3 is 15.1 Å². The molecule has 0 amide bonds. The second-order valence-electron chi connectivity index (χ2n) is 5.05. The molecule has 2 aromatic heterocycles. The first kappa shape index (κ1) is 14.4. The van der Waals surface area contributed by atoms with Crippen molar-refractivity contribution in [3.63, 3.8) is 0 Å². The Hall–Kier alpha value is -2.04. The number of nitrogens with zero attached hydrogens (tertiary/aromatic N) is 2. The van der Waals surface area contributed by atoms with Crippen LogP contribution in [0.3, 0.4) is 0 Å². The number of furan rings is 1. The lowest BCUT2D eigenvalue weighted by atomic mass is 10.2. The monoisotopic (exact) mass is 274 g/mol. The zero-order chi connectivity index (χ0) is 14.5. The van der Waals surface area contributed by atoms with Crippen molar-refractivity contribution in [2.45, 2.75) is 40.2 Å². The molecule has 5 nitrogen and oxygen atoms in total. The van der Waals surface area contributed by atoms with Crippen LogP contribution in [0.25, 0.3) is 0 Å². The number of nitrogens with one attached hydrogen (secondary N) is 2. The van der Waals surface area contributed by atoms with Gasteiger partial charge >= 0.3 is 0 Å². The molecular formula is C15H22N4O. The van der Waals surface area contributed by atoms with E-state index in [4.69, 9.17) is 4.42 Å². The Morgan fingerprint density at radius 2 is 1.85 bits per heavy atom. The summed E-state index contributed by atoms with van der Waals surface area (Å²) >= 11 is 0. The number of rotatable bonds is 6. The lowest BCUT2D eigenvalue weighted by Crippen LogP contribution is -2.08. The van der Waals surface area contributed by atoms with Crippen molar-refractivity contribution in [2.24, 2.45) is 0 Å². The Labute approximate surface area is 119 Å². The van der Waals surface area contributed by atoms with Gasteiger partial charge in [-0.25, -0.2) is 9.97 Å². The van der Waals surface area contributed by atoms with Gasteiger partial charge in [0.25, 0.3) is 0 Å². The van der Waals surface area contributed by atoms with Crippen LogP contribution in [0, 0.1) is 6.92 Å². The molecule has 2 N–H and O–H groups in total. The molecule has 0 aliphatic heterocycles. The number of hydrogen-bond acceptors (Lipinski definition) is 5. The van der Waals surface area contributed by atoms with E-state index in [0.29, 0.717) is 12.5 Å². The van der Waals surface area contributed by atoms with Gasteiger partial charge in [0.15, 0.2) is 0 Å². The van der Waals surface area contributed by atoms with E-state index in [9.17, 15) is 0 Å². The molecule has 0 fully saturated rings. The standard InChI is InChI=1S/C15H22N4O/c1-5-16-13-8-14(19-15(18-13)10(2)3)17-9-12-7-6-11(4)20-12/h6-8,10H,5,9H2,1-4H3,(H2,16,17,18,19). The molecular weight excluding hydrogens is 252 g/mol. The third kappa shape index (κ3) is 3.73. The quantitative estimate of drug-likeness (QED) is 0.843. The summed E-state index contributed by atoms with van der Waals surface area (Å²) in [6.07, 6.45) is 0. The molecule has 5 heteroatoms. The Bertz CT molecular complexity index is 563. The number of aromatic nitrogens is 2. The Morgan fingerprint density at radius 3 is 2.40 bits per heavy atom. The van der Waals surface area contributed by atoms with Crippen molar-refractivity contribution in [1.82, 2.24) is 9.97 Å². The van der Waals surface area contributed by atoms with Gasteiger partial charge in [-0.1, -0.05) is 13.8 Å². The fourth-order valence-corrected chi connectivity index (χ4v) is 1.84. The maximum absolute atomic E-state index is 5.54. The van der Waals surface area contributed by atoms with Gasteiger partial charge in [-0.3, -0.25) is 0 Å². The highest BCUT2D eigenvalue weighted by Crippen LogP contribution is 2.18. The highest BCUT2D eigenvalue weighted by molar-refractivity contribution is 5.47. The first-order valence-corrected chi connectivity index (χ1v) is 7.00.